The van der Waals surface area contributed by atoms with E-state index in [2.05, 4.69) is 17.1 Å². The molecule has 0 bridgehead atoms. The molecule has 0 N–H and O–H groups in total. The molecule has 1 heterocycles. The molecule has 0 saturated heterocycles. The first-order valence-electron chi connectivity index (χ1n) is 6.23. The molecular weight excluding hydrogens is 242 g/mol. The Labute approximate surface area is 110 Å². The van der Waals surface area contributed by atoms with E-state index in [-0.39, 0.29) is 0 Å². The van der Waals surface area contributed by atoms with Crippen molar-refractivity contribution in [1.82, 2.24) is 4.98 Å². The molecule has 0 aliphatic heterocycles. The van der Waals surface area contributed by atoms with Crippen molar-refractivity contribution in [1.29, 1.82) is 0 Å². The van der Waals surface area contributed by atoms with Gasteiger partial charge in [-0.15, -0.1) is 0 Å². The van der Waals surface area contributed by atoms with E-state index >= 15 is 0 Å². The number of aryl methyl sites for hydroxylation is 2. The van der Waals surface area contributed by atoms with E-state index in [1.165, 1.54) is 24.0 Å². The highest BCUT2D eigenvalue weighted by molar-refractivity contribution is 7.84. The van der Waals surface area contributed by atoms with Crippen LogP contribution in [0.3, 0.4) is 0 Å². The van der Waals surface area contributed by atoms with E-state index in [0.29, 0.717) is 5.75 Å². The van der Waals surface area contributed by atoms with Gasteiger partial charge in [-0.1, -0.05) is 12.1 Å². The van der Waals surface area contributed by atoms with Crippen molar-refractivity contribution in [3.05, 3.63) is 59.4 Å². The average Bonchev–Trinajstić information content (AvgIpc) is 2.87. The lowest BCUT2D eigenvalue weighted by molar-refractivity contribution is 0.682. The van der Waals surface area contributed by atoms with Gasteiger partial charge in [-0.3, -0.25) is 9.19 Å². The molecule has 0 spiro atoms. The van der Waals surface area contributed by atoms with E-state index in [0.717, 1.165) is 17.0 Å². The highest BCUT2D eigenvalue weighted by atomic mass is 32.2. The summed E-state index contributed by atoms with van der Waals surface area (Å²) in [6, 6.07) is 12.0. The molecule has 0 fully saturated rings. The Morgan fingerprint density at radius 1 is 1.11 bits per heavy atom. The Morgan fingerprint density at radius 3 is 2.83 bits per heavy atom. The predicted octanol–water partition coefficient (Wildman–Crippen LogP) is 2.88. The molecule has 92 valence electrons. The number of hydrogen-bond acceptors (Lipinski definition) is 2. The largest absolute Gasteiger partial charge is 0.260 e. The Balaban J connectivity index is 1.81. The number of pyridine rings is 1. The highest BCUT2D eigenvalue weighted by Gasteiger charge is 2.13. The van der Waals surface area contributed by atoms with Crippen LogP contribution in [-0.2, 0) is 29.4 Å². The van der Waals surface area contributed by atoms with Crippen LogP contribution in [0.2, 0.25) is 0 Å². The molecule has 1 atom stereocenters. The summed E-state index contributed by atoms with van der Waals surface area (Å²) >= 11 is 0. The normalized spacial score (nSPS) is 15.3. The van der Waals surface area contributed by atoms with Crippen LogP contribution in [0, 0.1) is 0 Å². The Morgan fingerprint density at radius 2 is 2.00 bits per heavy atom. The van der Waals surface area contributed by atoms with E-state index in [4.69, 9.17) is 0 Å². The molecule has 0 radical (unpaired) electrons. The third-order valence-electron chi connectivity index (χ3n) is 3.34. The topological polar surface area (TPSA) is 30.0 Å². The van der Waals surface area contributed by atoms with Crippen molar-refractivity contribution in [2.45, 2.75) is 29.9 Å². The van der Waals surface area contributed by atoms with Crippen LogP contribution in [0.15, 0.2) is 47.5 Å². The molecule has 3 heteroatoms. The fourth-order valence-electron chi connectivity index (χ4n) is 2.39. The SMILES string of the molecule is O=[S@@](Cc1ccccn1)c1ccc2c(c1)CCC2. The first-order chi connectivity index (χ1) is 8.83. The summed E-state index contributed by atoms with van der Waals surface area (Å²) in [7, 11) is -0.989. The van der Waals surface area contributed by atoms with E-state index in [9.17, 15) is 4.21 Å². The van der Waals surface area contributed by atoms with Crippen molar-refractivity contribution < 1.29 is 4.21 Å². The van der Waals surface area contributed by atoms with Gasteiger partial charge in [0.2, 0.25) is 0 Å². The molecule has 18 heavy (non-hydrogen) atoms. The second kappa shape index (κ2) is 5.02. The van der Waals surface area contributed by atoms with Gasteiger partial charge < -0.3 is 0 Å². The van der Waals surface area contributed by atoms with Crippen molar-refractivity contribution in [3.8, 4) is 0 Å². The molecule has 3 rings (SSSR count). The molecule has 1 aliphatic rings. The minimum atomic E-state index is -0.989. The third-order valence-corrected chi connectivity index (χ3v) is 4.68. The molecule has 1 aromatic carbocycles. The van der Waals surface area contributed by atoms with Gasteiger partial charge in [-0.25, -0.2) is 0 Å². The van der Waals surface area contributed by atoms with Gasteiger partial charge in [0, 0.05) is 11.1 Å². The molecule has 0 unspecified atom stereocenters. The van der Waals surface area contributed by atoms with E-state index < -0.39 is 10.8 Å². The first-order valence-corrected chi connectivity index (χ1v) is 7.55. The predicted molar refractivity (Wildman–Crippen MR) is 72.8 cm³/mol. The van der Waals surface area contributed by atoms with Crippen molar-refractivity contribution >= 4 is 10.8 Å². The fourth-order valence-corrected chi connectivity index (χ4v) is 3.49. The number of nitrogens with zero attached hydrogens (tertiary/aromatic N) is 1. The molecule has 1 aliphatic carbocycles. The Hall–Kier alpha value is -1.48. The lowest BCUT2D eigenvalue weighted by atomic mass is 10.1. The van der Waals surface area contributed by atoms with Crippen LogP contribution in [-0.4, -0.2) is 9.19 Å². The highest BCUT2D eigenvalue weighted by Crippen LogP contribution is 2.24. The summed E-state index contributed by atoms with van der Waals surface area (Å²) in [5.74, 6) is 0.500. The van der Waals surface area contributed by atoms with E-state index in [1.807, 2.05) is 24.3 Å². The van der Waals surface area contributed by atoms with Gasteiger partial charge in [0.1, 0.15) is 0 Å². The van der Waals surface area contributed by atoms with Crippen molar-refractivity contribution in [3.63, 3.8) is 0 Å². The van der Waals surface area contributed by atoms with Crippen LogP contribution in [0.5, 0.6) is 0 Å². The maximum Gasteiger partial charge on any atom is 0.0705 e. The molecular formula is C15H15NOS. The molecule has 2 aromatic rings. The second-order valence-corrected chi connectivity index (χ2v) is 6.05. The van der Waals surface area contributed by atoms with Crippen molar-refractivity contribution in [2.75, 3.05) is 0 Å². The molecule has 0 amide bonds. The maximum absolute atomic E-state index is 12.3. The van der Waals surface area contributed by atoms with Crippen LogP contribution >= 0.6 is 0 Å². The van der Waals surface area contributed by atoms with Crippen LogP contribution in [0.4, 0.5) is 0 Å². The fraction of sp³-hybridized carbons (Fsp3) is 0.267. The Kier molecular flexibility index (Phi) is 3.24. The van der Waals surface area contributed by atoms with Gasteiger partial charge in [-0.2, -0.15) is 0 Å². The smallest absolute Gasteiger partial charge is 0.0705 e. The number of aromatic nitrogens is 1. The summed E-state index contributed by atoms with van der Waals surface area (Å²) < 4.78 is 12.3. The number of fused-ring (bicyclic) bond motifs is 1. The Bertz CT molecular complexity index is 580. The van der Waals surface area contributed by atoms with Crippen molar-refractivity contribution in [2.24, 2.45) is 0 Å². The summed E-state index contributed by atoms with van der Waals surface area (Å²) in [5, 5.41) is 0. The zero-order chi connectivity index (χ0) is 12.4. The van der Waals surface area contributed by atoms with Gasteiger partial charge in [0.25, 0.3) is 0 Å². The monoisotopic (exact) mass is 257 g/mol. The summed E-state index contributed by atoms with van der Waals surface area (Å²) in [5.41, 5.74) is 3.69. The third kappa shape index (κ3) is 2.36. The van der Waals surface area contributed by atoms with E-state index in [1.54, 1.807) is 6.20 Å². The quantitative estimate of drug-likeness (QED) is 0.846. The van der Waals surface area contributed by atoms with Gasteiger partial charge in [0.05, 0.1) is 22.2 Å². The number of rotatable bonds is 3. The lowest BCUT2D eigenvalue weighted by Gasteiger charge is -2.05. The minimum absolute atomic E-state index is 0.500. The first kappa shape index (κ1) is 11.6. The standard InChI is InChI=1S/C15H15NOS/c17-18(11-14-6-1-2-9-16-14)15-8-7-12-4-3-5-13(12)10-15/h1-2,6-10H,3-5,11H2/t18-/m0/s1. The maximum atomic E-state index is 12.3. The summed E-state index contributed by atoms with van der Waals surface area (Å²) in [6.45, 7) is 0. The van der Waals surface area contributed by atoms with Gasteiger partial charge in [0.15, 0.2) is 0 Å². The average molecular weight is 257 g/mol. The van der Waals surface area contributed by atoms with Crippen LogP contribution in [0.1, 0.15) is 23.2 Å². The molecule has 0 saturated carbocycles. The number of benzene rings is 1. The molecule has 1 aromatic heterocycles. The van der Waals surface area contributed by atoms with Crippen LogP contribution in [0.25, 0.3) is 0 Å². The number of hydrogen-bond donors (Lipinski definition) is 0. The lowest BCUT2D eigenvalue weighted by Crippen LogP contribution is -1.99. The second-order valence-electron chi connectivity index (χ2n) is 4.60. The summed E-state index contributed by atoms with van der Waals surface area (Å²) in [4.78, 5) is 5.16. The minimum Gasteiger partial charge on any atom is -0.260 e. The van der Waals surface area contributed by atoms with Gasteiger partial charge >= 0.3 is 0 Å². The van der Waals surface area contributed by atoms with Crippen LogP contribution < -0.4 is 0 Å². The summed E-state index contributed by atoms with van der Waals surface area (Å²) in [6.07, 6.45) is 5.27. The zero-order valence-corrected chi connectivity index (χ0v) is 11.0. The zero-order valence-electron chi connectivity index (χ0n) is 10.1. The molecule has 2 nitrogen and oxygen atoms in total. The van der Waals surface area contributed by atoms with Gasteiger partial charge in [-0.05, 0) is 54.7 Å².